The monoisotopic (exact) mass is 320 g/mol. The van der Waals surface area contributed by atoms with Crippen molar-refractivity contribution in [3.05, 3.63) is 29.8 Å². The number of anilines is 1. The minimum Gasteiger partial charge on any atom is -0.465 e. The molecule has 0 radical (unpaired) electrons. The lowest BCUT2D eigenvalue weighted by atomic mass is 10.1. The Labute approximate surface area is 136 Å². The van der Waals surface area contributed by atoms with Gasteiger partial charge >= 0.3 is 12.1 Å². The Balaban J connectivity index is 1.99. The standard InChI is InChI=1S/C17H24N2O4/c1-17(2,3)23-16(21)19-10-9-12(11-19)18-14-8-6-5-7-13(14)15(20)22-4/h5-8,12,18H,9-11H2,1-4H3. The van der Waals surface area contributed by atoms with Crippen LogP contribution in [0.4, 0.5) is 10.5 Å². The maximum absolute atomic E-state index is 12.1. The van der Waals surface area contributed by atoms with Crippen LogP contribution < -0.4 is 5.32 Å². The Hall–Kier alpha value is -2.24. The van der Waals surface area contributed by atoms with Crippen LogP contribution in [-0.4, -0.2) is 48.8 Å². The molecule has 2 rings (SSSR count). The van der Waals surface area contributed by atoms with Crippen molar-refractivity contribution in [3.8, 4) is 0 Å². The summed E-state index contributed by atoms with van der Waals surface area (Å²) in [6, 6.07) is 7.28. The fourth-order valence-corrected chi connectivity index (χ4v) is 2.49. The largest absolute Gasteiger partial charge is 0.465 e. The zero-order chi connectivity index (χ0) is 17.0. The van der Waals surface area contributed by atoms with E-state index in [0.29, 0.717) is 18.7 Å². The quantitative estimate of drug-likeness (QED) is 0.867. The first-order chi connectivity index (χ1) is 10.8. The van der Waals surface area contributed by atoms with Crippen LogP contribution in [0.1, 0.15) is 37.6 Å². The molecular weight excluding hydrogens is 296 g/mol. The second-order valence-electron chi connectivity index (χ2n) is 6.59. The lowest BCUT2D eigenvalue weighted by molar-refractivity contribution is 0.0293. The molecule has 0 saturated carbocycles. The first-order valence-corrected chi connectivity index (χ1v) is 7.72. The molecular formula is C17H24N2O4. The highest BCUT2D eigenvalue weighted by Gasteiger charge is 2.30. The third kappa shape index (κ3) is 4.61. The van der Waals surface area contributed by atoms with E-state index in [2.05, 4.69) is 5.32 Å². The van der Waals surface area contributed by atoms with E-state index in [9.17, 15) is 9.59 Å². The van der Waals surface area contributed by atoms with Gasteiger partial charge in [0.1, 0.15) is 5.60 Å². The van der Waals surface area contributed by atoms with Crippen molar-refractivity contribution in [2.45, 2.75) is 38.8 Å². The van der Waals surface area contributed by atoms with Crippen LogP contribution in [0.25, 0.3) is 0 Å². The van der Waals surface area contributed by atoms with E-state index in [1.807, 2.05) is 32.9 Å². The fraction of sp³-hybridized carbons (Fsp3) is 0.529. The molecule has 1 N–H and O–H groups in total. The van der Waals surface area contributed by atoms with Gasteiger partial charge < -0.3 is 19.7 Å². The van der Waals surface area contributed by atoms with Gasteiger partial charge in [-0.15, -0.1) is 0 Å². The van der Waals surface area contributed by atoms with Crippen LogP contribution in [0.3, 0.4) is 0 Å². The lowest BCUT2D eigenvalue weighted by Crippen LogP contribution is -2.36. The Morgan fingerprint density at radius 1 is 1.26 bits per heavy atom. The summed E-state index contributed by atoms with van der Waals surface area (Å²) < 4.78 is 10.2. The van der Waals surface area contributed by atoms with Crippen molar-refractivity contribution in [3.63, 3.8) is 0 Å². The van der Waals surface area contributed by atoms with Gasteiger partial charge in [0.15, 0.2) is 0 Å². The molecule has 1 aliphatic heterocycles. The van der Waals surface area contributed by atoms with Crippen molar-refractivity contribution in [1.82, 2.24) is 4.90 Å². The summed E-state index contributed by atoms with van der Waals surface area (Å²) in [5.74, 6) is -0.380. The second-order valence-corrected chi connectivity index (χ2v) is 6.59. The first kappa shape index (κ1) is 17.1. The minimum absolute atomic E-state index is 0.0772. The SMILES string of the molecule is COC(=O)c1ccccc1NC1CCN(C(=O)OC(C)(C)C)C1. The van der Waals surface area contributed by atoms with Crippen LogP contribution in [-0.2, 0) is 9.47 Å². The van der Waals surface area contributed by atoms with Crippen molar-refractivity contribution < 1.29 is 19.1 Å². The van der Waals surface area contributed by atoms with E-state index < -0.39 is 5.60 Å². The molecule has 126 valence electrons. The summed E-state index contributed by atoms with van der Waals surface area (Å²) in [5, 5.41) is 3.32. The average Bonchev–Trinajstić information content (AvgIpc) is 2.94. The predicted molar refractivity (Wildman–Crippen MR) is 87.6 cm³/mol. The summed E-state index contributed by atoms with van der Waals surface area (Å²) >= 11 is 0. The van der Waals surface area contributed by atoms with E-state index in [1.54, 1.807) is 17.0 Å². The summed E-state index contributed by atoms with van der Waals surface area (Å²) in [4.78, 5) is 25.6. The molecule has 1 atom stereocenters. The molecule has 1 aromatic carbocycles. The summed E-state index contributed by atoms with van der Waals surface area (Å²) in [5.41, 5.74) is 0.709. The van der Waals surface area contributed by atoms with Gasteiger partial charge in [-0.3, -0.25) is 0 Å². The number of hydrogen-bond acceptors (Lipinski definition) is 5. The number of nitrogens with zero attached hydrogens (tertiary/aromatic N) is 1. The highest BCUT2D eigenvalue weighted by Crippen LogP contribution is 2.22. The van der Waals surface area contributed by atoms with Gasteiger partial charge in [-0.05, 0) is 39.3 Å². The van der Waals surface area contributed by atoms with Gasteiger partial charge in [0.05, 0.1) is 12.7 Å². The number of rotatable bonds is 3. The number of para-hydroxylation sites is 1. The van der Waals surface area contributed by atoms with E-state index in [-0.39, 0.29) is 18.1 Å². The van der Waals surface area contributed by atoms with Crippen LogP contribution >= 0.6 is 0 Å². The van der Waals surface area contributed by atoms with Gasteiger partial charge in [0.2, 0.25) is 0 Å². The Kier molecular flexibility index (Phi) is 5.13. The first-order valence-electron chi connectivity index (χ1n) is 7.72. The van der Waals surface area contributed by atoms with E-state index in [0.717, 1.165) is 12.1 Å². The molecule has 1 saturated heterocycles. The van der Waals surface area contributed by atoms with Crippen molar-refractivity contribution >= 4 is 17.7 Å². The molecule has 1 aromatic rings. The molecule has 1 aliphatic rings. The molecule has 0 aromatic heterocycles. The molecule has 0 bridgehead atoms. The normalized spacial score (nSPS) is 17.7. The topological polar surface area (TPSA) is 67.9 Å². The van der Waals surface area contributed by atoms with Gasteiger partial charge in [0, 0.05) is 24.8 Å². The number of hydrogen-bond donors (Lipinski definition) is 1. The smallest absolute Gasteiger partial charge is 0.410 e. The van der Waals surface area contributed by atoms with Gasteiger partial charge in [0.25, 0.3) is 0 Å². The second kappa shape index (κ2) is 6.89. The number of nitrogens with one attached hydrogen (secondary N) is 1. The molecule has 1 heterocycles. The van der Waals surface area contributed by atoms with Crippen molar-refractivity contribution in [1.29, 1.82) is 0 Å². The highest BCUT2D eigenvalue weighted by molar-refractivity contribution is 5.95. The molecule has 0 aliphatic carbocycles. The maximum Gasteiger partial charge on any atom is 0.410 e. The maximum atomic E-state index is 12.1. The summed E-state index contributed by atoms with van der Waals surface area (Å²) in [6.07, 6.45) is 0.498. The van der Waals surface area contributed by atoms with E-state index in [4.69, 9.17) is 9.47 Å². The minimum atomic E-state index is -0.500. The Bertz CT molecular complexity index is 580. The van der Waals surface area contributed by atoms with Gasteiger partial charge in [-0.25, -0.2) is 9.59 Å². The molecule has 1 unspecified atom stereocenters. The molecule has 1 fully saturated rings. The number of ether oxygens (including phenoxy) is 2. The van der Waals surface area contributed by atoms with Crippen molar-refractivity contribution in [2.75, 3.05) is 25.5 Å². The summed E-state index contributed by atoms with van der Waals surface area (Å²) in [6.45, 7) is 6.73. The number of benzene rings is 1. The van der Waals surface area contributed by atoms with Crippen LogP contribution in [0.2, 0.25) is 0 Å². The Morgan fingerprint density at radius 2 is 1.96 bits per heavy atom. The number of esters is 1. The molecule has 0 spiro atoms. The number of likely N-dealkylation sites (tertiary alicyclic amines) is 1. The van der Waals surface area contributed by atoms with Crippen LogP contribution in [0.5, 0.6) is 0 Å². The van der Waals surface area contributed by atoms with E-state index >= 15 is 0 Å². The highest BCUT2D eigenvalue weighted by atomic mass is 16.6. The third-order valence-electron chi connectivity index (χ3n) is 3.53. The zero-order valence-electron chi connectivity index (χ0n) is 14.1. The fourth-order valence-electron chi connectivity index (χ4n) is 2.49. The Morgan fingerprint density at radius 3 is 2.61 bits per heavy atom. The van der Waals surface area contributed by atoms with Gasteiger partial charge in [-0.1, -0.05) is 12.1 Å². The van der Waals surface area contributed by atoms with Crippen LogP contribution in [0.15, 0.2) is 24.3 Å². The van der Waals surface area contributed by atoms with Crippen molar-refractivity contribution in [2.24, 2.45) is 0 Å². The molecule has 1 amide bonds. The van der Waals surface area contributed by atoms with E-state index in [1.165, 1.54) is 7.11 Å². The third-order valence-corrected chi connectivity index (χ3v) is 3.53. The zero-order valence-corrected chi connectivity index (χ0v) is 14.1. The number of methoxy groups -OCH3 is 1. The lowest BCUT2D eigenvalue weighted by Gasteiger charge is -2.24. The number of carbonyl (C=O) groups excluding carboxylic acids is 2. The molecule has 6 nitrogen and oxygen atoms in total. The van der Waals surface area contributed by atoms with Gasteiger partial charge in [-0.2, -0.15) is 0 Å². The summed E-state index contributed by atoms with van der Waals surface area (Å²) in [7, 11) is 1.36. The van der Waals surface area contributed by atoms with Crippen LogP contribution in [0, 0.1) is 0 Å². The molecule has 23 heavy (non-hydrogen) atoms. The predicted octanol–water partition coefficient (Wildman–Crippen LogP) is 2.89. The number of amides is 1. The average molecular weight is 320 g/mol. The number of carbonyl (C=O) groups is 2. The molecule has 6 heteroatoms.